The molecule has 2 aromatic rings. The second-order valence-corrected chi connectivity index (χ2v) is 4.05. The van der Waals surface area contributed by atoms with Gasteiger partial charge in [0, 0.05) is 11.8 Å². The maximum Gasteiger partial charge on any atom is 1.00 e. The van der Waals surface area contributed by atoms with Gasteiger partial charge in [-0.1, -0.05) is 12.1 Å². The van der Waals surface area contributed by atoms with E-state index in [1.165, 1.54) is 6.20 Å². The van der Waals surface area contributed by atoms with E-state index >= 15 is 0 Å². The van der Waals surface area contributed by atoms with Crippen molar-refractivity contribution in [1.82, 2.24) is 4.98 Å². The Hall–Kier alpha value is -0.880. The Bertz CT molecular complexity index is 527. The maximum absolute atomic E-state index is 10.6. The largest absolute Gasteiger partial charge is 1.00 e. The molecule has 0 saturated carbocycles. The third-order valence-corrected chi connectivity index (χ3v) is 3.06. The summed E-state index contributed by atoms with van der Waals surface area (Å²) in [6.45, 7) is 0. The van der Waals surface area contributed by atoms with E-state index in [2.05, 4.69) is 4.98 Å². The quantitative estimate of drug-likeness (QED) is 0.608. The van der Waals surface area contributed by atoms with E-state index in [1.807, 2.05) is 24.3 Å². The average molecular weight is 257 g/mol. The summed E-state index contributed by atoms with van der Waals surface area (Å²) in [4.78, 5) is 15.1. The van der Waals surface area contributed by atoms with Gasteiger partial charge in [-0.25, -0.2) is 4.98 Å². The van der Waals surface area contributed by atoms with E-state index in [0.717, 1.165) is 21.8 Å². The van der Waals surface area contributed by atoms with Crippen LogP contribution < -0.4 is 39.4 Å². The van der Waals surface area contributed by atoms with Crippen molar-refractivity contribution >= 4 is 17.3 Å². The molecule has 17 heavy (non-hydrogen) atoms. The normalized spacial score (nSPS) is 9.47. The van der Waals surface area contributed by atoms with Gasteiger partial charge in [-0.3, -0.25) is 0 Å². The predicted octanol–water partition coefficient (Wildman–Crippen LogP) is -1.81. The number of rotatable bonds is 3. The Morgan fingerprint density at radius 1 is 1.41 bits per heavy atom. The molecule has 2 rings (SSSR count). The molecule has 82 valence electrons. The minimum absolute atomic E-state index is 0. The summed E-state index contributed by atoms with van der Waals surface area (Å²) in [5.41, 5.74) is 0.829. The minimum atomic E-state index is -1.26. The third-order valence-electron chi connectivity index (χ3n) is 2.05. The Morgan fingerprint density at radius 2 is 2.12 bits per heavy atom. The standard InChI is InChI=1S/C11H9NO3S.Na/c1-15-8-5-3-2-4-7(8)9-6-12-10(16-9)11(13)14;/h2-6H,1H3,(H,13,14);/q;+1/p-1. The number of nitrogens with zero attached hydrogens (tertiary/aromatic N) is 1. The number of thiazole rings is 1. The number of carboxylic acid groups (broad SMARTS) is 1. The van der Waals surface area contributed by atoms with Crippen LogP contribution >= 0.6 is 11.3 Å². The van der Waals surface area contributed by atoms with Gasteiger partial charge in [0.05, 0.1) is 12.0 Å². The van der Waals surface area contributed by atoms with Crippen LogP contribution in [0.4, 0.5) is 0 Å². The van der Waals surface area contributed by atoms with Gasteiger partial charge in [0.15, 0.2) is 0 Å². The first-order valence-corrected chi connectivity index (χ1v) is 5.34. The zero-order valence-corrected chi connectivity index (χ0v) is 12.3. The van der Waals surface area contributed by atoms with Gasteiger partial charge in [0.1, 0.15) is 16.7 Å². The molecule has 0 aliphatic heterocycles. The summed E-state index contributed by atoms with van der Waals surface area (Å²) >= 11 is 1.07. The average Bonchev–Trinajstić information content (AvgIpc) is 2.78. The molecule has 0 unspecified atom stereocenters. The summed E-state index contributed by atoms with van der Waals surface area (Å²) < 4.78 is 5.19. The fraction of sp³-hybridized carbons (Fsp3) is 0.0909. The number of para-hydroxylation sites is 1. The van der Waals surface area contributed by atoms with Gasteiger partial charge < -0.3 is 14.6 Å². The fourth-order valence-corrected chi connectivity index (χ4v) is 2.12. The number of hydrogen-bond acceptors (Lipinski definition) is 5. The van der Waals surface area contributed by atoms with Gasteiger partial charge >= 0.3 is 29.6 Å². The Labute approximate surface area is 125 Å². The monoisotopic (exact) mass is 257 g/mol. The van der Waals surface area contributed by atoms with Crippen molar-refractivity contribution < 1.29 is 44.2 Å². The maximum atomic E-state index is 10.6. The van der Waals surface area contributed by atoms with Gasteiger partial charge in [-0.15, -0.1) is 11.3 Å². The molecule has 0 fully saturated rings. The molecular formula is C11H8NNaO3S. The van der Waals surface area contributed by atoms with Crippen LogP contribution in [-0.4, -0.2) is 18.1 Å². The number of hydrogen-bond donors (Lipinski definition) is 0. The second-order valence-electron chi connectivity index (χ2n) is 3.02. The molecule has 1 heterocycles. The predicted molar refractivity (Wildman–Crippen MR) is 58.4 cm³/mol. The molecule has 0 bridgehead atoms. The van der Waals surface area contributed by atoms with Gasteiger partial charge in [-0.2, -0.15) is 0 Å². The van der Waals surface area contributed by atoms with Crippen LogP contribution in [0.3, 0.4) is 0 Å². The van der Waals surface area contributed by atoms with E-state index in [-0.39, 0.29) is 34.6 Å². The van der Waals surface area contributed by atoms with Crippen LogP contribution in [0.25, 0.3) is 10.4 Å². The van der Waals surface area contributed by atoms with Crippen molar-refractivity contribution in [3.8, 4) is 16.2 Å². The number of benzene rings is 1. The smallest absolute Gasteiger partial charge is 0.542 e. The fourth-order valence-electron chi connectivity index (χ4n) is 1.34. The number of carboxylic acids is 1. The van der Waals surface area contributed by atoms with Crippen molar-refractivity contribution in [2.24, 2.45) is 0 Å². The Morgan fingerprint density at radius 3 is 2.71 bits per heavy atom. The van der Waals surface area contributed by atoms with Crippen molar-refractivity contribution in [3.05, 3.63) is 35.5 Å². The molecule has 0 saturated heterocycles. The van der Waals surface area contributed by atoms with Crippen LogP contribution in [0.1, 0.15) is 9.80 Å². The molecule has 0 aliphatic carbocycles. The first-order chi connectivity index (χ1) is 7.72. The molecule has 0 spiro atoms. The van der Waals surface area contributed by atoms with Gasteiger partial charge in [-0.05, 0) is 12.1 Å². The third kappa shape index (κ3) is 3.07. The van der Waals surface area contributed by atoms with Crippen molar-refractivity contribution in [1.29, 1.82) is 0 Å². The van der Waals surface area contributed by atoms with Crippen LogP contribution in [0, 0.1) is 0 Å². The van der Waals surface area contributed by atoms with E-state index in [9.17, 15) is 9.90 Å². The summed E-state index contributed by atoms with van der Waals surface area (Å²) in [5, 5.41) is 10.6. The molecule has 0 atom stereocenters. The SMILES string of the molecule is COc1ccccc1-c1cnc(C(=O)[O-])s1.[Na+]. The zero-order chi connectivity index (χ0) is 11.5. The summed E-state index contributed by atoms with van der Waals surface area (Å²) in [6.07, 6.45) is 1.51. The summed E-state index contributed by atoms with van der Waals surface area (Å²) in [5.74, 6) is -0.567. The summed E-state index contributed by atoms with van der Waals surface area (Å²) in [7, 11) is 1.57. The molecule has 0 radical (unpaired) electrons. The first kappa shape index (κ1) is 14.2. The van der Waals surface area contributed by atoms with Gasteiger partial charge in [0.2, 0.25) is 0 Å². The molecule has 6 heteroatoms. The second kappa shape index (κ2) is 6.16. The zero-order valence-electron chi connectivity index (χ0n) is 9.47. The van der Waals surface area contributed by atoms with Crippen LogP contribution in [0.5, 0.6) is 5.75 Å². The van der Waals surface area contributed by atoms with Crippen molar-refractivity contribution in [2.45, 2.75) is 0 Å². The van der Waals surface area contributed by atoms with Crippen LogP contribution in [-0.2, 0) is 0 Å². The molecule has 1 aromatic heterocycles. The minimum Gasteiger partial charge on any atom is -0.542 e. The van der Waals surface area contributed by atoms with Crippen LogP contribution in [0.15, 0.2) is 30.5 Å². The number of carbonyl (C=O) groups is 1. The molecule has 0 amide bonds. The van der Waals surface area contributed by atoms with Crippen molar-refractivity contribution in [3.63, 3.8) is 0 Å². The number of methoxy groups -OCH3 is 1. The number of carbonyl (C=O) groups excluding carboxylic acids is 1. The van der Waals surface area contributed by atoms with Gasteiger partial charge in [0.25, 0.3) is 0 Å². The van der Waals surface area contributed by atoms with E-state index in [1.54, 1.807) is 7.11 Å². The van der Waals surface area contributed by atoms with E-state index in [0.29, 0.717) is 5.75 Å². The topological polar surface area (TPSA) is 62.2 Å². The number of aromatic carboxylic acids is 1. The summed E-state index contributed by atoms with van der Waals surface area (Å²) in [6, 6.07) is 7.37. The Balaban J connectivity index is 0.00000144. The van der Waals surface area contributed by atoms with E-state index < -0.39 is 5.97 Å². The number of ether oxygens (including phenoxy) is 1. The van der Waals surface area contributed by atoms with E-state index in [4.69, 9.17) is 4.74 Å². The Kier molecular flexibility index (Phi) is 5.14. The van der Waals surface area contributed by atoms with Crippen molar-refractivity contribution in [2.75, 3.05) is 7.11 Å². The molecule has 0 N–H and O–H groups in total. The molecule has 1 aromatic carbocycles. The molecule has 4 nitrogen and oxygen atoms in total. The van der Waals surface area contributed by atoms with Crippen LogP contribution in [0.2, 0.25) is 0 Å². The molecule has 0 aliphatic rings. The number of aromatic nitrogens is 1. The first-order valence-electron chi connectivity index (χ1n) is 4.53. The molecular weight excluding hydrogens is 249 g/mol.